The van der Waals surface area contributed by atoms with Crippen molar-refractivity contribution in [3.05, 3.63) is 23.8 Å². The lowest BCUT2D eigenvalue weighted by Gasteiger charge is -2.22. The number of ether oxygens (including phenoxy) is 2. The molecule has 0 aliphatic heterocycles. The highest BCUT2D eigenvalue weighted by Gasteiger charge is 2.12. The van der Waals surface area contributed by atoms with Gasteiger partial charge in [0.05, 0.1) is 20.8 Å². The van der Waals surface area contributed by atoms with E-state index in [-0.39, 0.29) is 6.54 Å². The highest BCUT2D eigenvalue weighted by atomic mass is 16.5. The van der Waals surface area contributed by atoms with Crippen LogP contribution >= 0.6 is 0 Å². The molecule has 0 aliphatic rings. The van der Waals surface area contributed by atoms with Crippen molar-refractivity contribution in [2.75, 3.05) is 47.9 Å². The molecule has 1 rings (SSSR count). The van der Waals surface area contributed by atoms with Gasteiger partial charge in [-0.2, -0.15) is 0 Å². The summed E-state index contributed by atoms with van der Waals surface area (Å²) < 4.78 is 10.5. The van der Waals surface area contributed by atoms with Crippen molar-refractivity contribution in [1.82, 2.24) is 9.80 Å². The third-order valence-electron chi connectivity index (χ3n) is 3.04. The molecule has 6 nitrogen and oxygen atoms in total. The molecule has 6 heteroatoms. The Morgan fingerprint density at radius 1 is 1.10 bits per heavy atom. The SMILES string of the molecule is COc1cc(CN(CCN(C)C)CC(=O)O)cc(OC)c1. The van der Waals surface area contributed by atoms with Crippen LogP contribution in [0.15, 0.2) is 18.2 Å². The van der Waals surface area contributed by atoms with E-state index < -0.39 is 5.97 Å². The molecular weight excluding hydrogens is 272 g/mol. The molecule has 0 unspecified atom stereocenters. The molecule has 0 saturated heterocycles. The maximum atomic E-state index is 11.0. The highest BCUT2D eigenvalue weighted by Crippen LogP contribution is 2.23. The Kier molecular flexibility index (Phi) is 6.98. The van der Waals surface area contributed by atoms with Gasteiger partial charge < -0.3 is 19.5 Å². The number of hydrogen-bond acceptors (Lipinski definition) is 5. The van der Waals surface area contributed by atoms with Gasteiger partial charge in [-0.15, -0.1) is 0 Å². The summed E-state index contributed by atoms with van der Waals surface area (Å²) in [6.07, 6.45) is 0. The van der Waals surface area contributed by atoms with Gasteiger partial charge >= 0.3 is 5.97 Å². The molecule has 0 heterocycles. The predicted molar refractivity (Wildman–Crippen MR) is 81.0 cm³/mol. The monoisotopic (exact) mass is 296 g/mol. The minimum atomic E-state index is -0.830. The average Bonchev–Trinajstić information content (AvgIpc) is 2.43. The highest BCUT2D eigenvalue weighted by molar-refractivity contribution is 5.69. The number of benzene rings is 1. The first-order valence-corrected chi connectivity index (χ1v) is 6.75. The number of nitrogens with zero attached hydrogens (tertiary/aromatic N) is 2. The first kappa shape index (κ1) is 17.3. The van der Waals surface area contributed by atoms with E-state index in [1.54, 1.807) is 20.3 Å². The number of carbonyl (C=O) groups is 1. The lowest BCUT2D eigenvalue weighted by molar-refractivity contribution is -0.138. The summed E-state index contributed by atoms with van der Waals surface area (Å²) >= 11 is 0. The molecular formula is C15H24N2O4. The Bertz CT molecular complexity index is 441. The largest absolute Gasteiger partial charge is 0.497 e. The molecule has 1 aromatic carbocycles. The molecule has 0 aromatic heterocycles. The molecule has 0 bridgehead atoms. The lowest BCUT2D eigenvalue weighted by atomic mass is 10.2. The molecule has 0 atom stereocenters. The van der Waals surface area contributed by atoms with Crippen molar-refractivity contribution in [2.24, 2.45) is 0 Å². The van der Waals surface area contributed by atoms with Crippen molar-refractivity contribution in [1.29, 1.82) is 0 Å². The molecule has 118 valence electrons. The van der Waals surface area contributed by atoms with Gasteiger partial charge in [-0.05, 0) is 31.8 Å². The topological polar surface area (TPSA) is 62.2 Å². The third kappa shape index (κ3) is 6.46. The van der Waals surface area contributed by atoms with Crippen molar-refractivity contribution < 1.29 is 19.4 Å². The molecule has 0 saturated carbocycles. The molecule has 21 heavy (non-hydrogen) atoms. The van der Waals surface area contributed by atoms with Gasteiger partial charge in [0.1, 0.15) is 11.5 Å². The smallest absolute Gasteiger partial charge is 0.317 e. The van der Waals surface area contributed by atoms with Crippen LogP contribution in [0, 0.1) is 0 Å². The zero-order valence-electron chi connectivity index (χ0n) is 13.1. The summed E-state index contributed by atoms with van der Waals surface area (Å²) in [5.41, 5.74) is 0.964. The Hall–Kier alpha value is -1.79. The summed E-state index contributed by atoms with van der Waals surface area (Å²) in [7, 11) is 7.13. The van der Waals surface area contributed by atoms with Crippen molar-refractivity contribution >= 4 is 5.97 Å². The molecule has 0 aliphatic carbocycles. The van der Waals surface area contributed by atoms with Crippen LogP contribution in [0.25, 0.3) is 0 Å². The Morgan fingerprint density at radius 3 is 2.10 bits per heavy atom. The Labute approximate surface area is 125 Å². The van der Waals surface area contributed by atoms with E-state index in [2.05, 4.69) is 0 Å². The van der Waals surface area contributed by atoms with E-state index in [1.165, 1.54) is 0 Å². The fourth-order valence-electron chi connectivity index (χ4n) is 1.96. The van der Waals surface area contributed by atoms with Crippen LogP contribution in [-0.2, 0) is 11.3 Å². The van der Waals surface area contributed by atoms with E-state index in [0.29, 0.717) is 24.6 Å². The number of aliphatic carboxylic acids is 1. The Balaban J connectivity index is 2.83. The van der Waals surface area contributed by atoms with E-state index >= 15 is 0 Å². The zero-order valence-corrected chi connectivity index (χ0v) is 13.1. The third-order valence-corrected chi connectivity index (χ3v) is 3.04. The number of rotatable bonds is 9. The molecule has 0 fully saturated rings. The van der Waals surface area contributed by atoms with Crippen LogP contribution < -0.4 is 9.47 Å². The summed E-state index contributed by atoms with van der Waals surface area (Å²) in [6.45, 7) is 2.02. The first-order chi connectivity index (χ1) is 9.94. The van der Waals surface area contributed by atoms with Gasteiger partial charge in [0.2, 0.25) is 0 Å². The standard InChI is InChI=1S/C15H24N2O4/c1-16(2)5-6-17(11-15(18)19)10-12-7-13(20-3)9-14(8-12)21-4/h7-9H,5-6,10-11H2,1-4H3,(H,18,19). The predicted octanol–water partition coefficient (Wildman–Crippen LogP) is 1.15. The maximum absolute atomic E-state index is 11.0. The van der Waals surface area contributed by atoms with Crippen molar-refractivity contribution in [2.45, 2.75) is 6.54 Å². The van der Waals surface area contributed by atoms with Gasteiger partial charge in [-0.1, -0.05) is 0 Å². The maximum Gasteiger partial charge on any atom is 0.317 e. The van der Waals surface area contributed by atoms with Crippen LogP contribution in [0.5, 0.6) is 11.5 Å². The summed E-state index contributed by atoms with van der Waals surface area (Å²) in [5, 5.41) is 9.02. The average molecular weight is 296 g/mol. The van der Waals surface area contributed by atoms with Gasteiger partial charge in [-0.3, -0.25) is 9.69 Å². The molecule has 1 N–H and O–H groups in total. The summed E-state index contributed by atoms with van der Waals surface area (Å²) in [4.78, 5) is 14.9. The second kappa shape index (κ2) is 8.49. The summed E-state index contributed by atoms with van der Waals surface area (Å²) in [5.74, 6) is 0.572. The van der Waals surface area contributed by atoms with Crippen LogP contribution in [0.2, 0.25) is 0 Å². The van der Waals surface area contributed by atoms with Gasteiger partial charge in [-0.25, -0.2) is 0 Å². The number of methoxy groups -OCH3 is 2. The van der Waals surface area contributed by atoms with Crippen LogP contribution in [0.1, 0.15) is 5.56 Å². The number of hydrogen-bond donors (Lipinski definition) is 1. The quantitative estimate of drug-likeness (QED) is 0.737. The second-order valence-electron chi connectivity index (χ2n) is 5.13. The van der Waals surface area contributed by atoms with Crippen molar-refractivity contribution in [3.8, 4) is 11.5 Å². The second-order valence-corrected chi connectivity index (χ2v) is 5.13. The number of carboxylic acid groups (broad SMARTS) is 1. The normalized spacial score (nSPS) is 11.0. The number of likely N-dealkylation sites (N-methyl/N-ethyl adjacent to an activating group) is 1. The van der Waals surface area contributed by atoms with E-state index in [4.69, 9.17) is 14.6 Å². The molecule has 0 amide bonds. The molecule has 0 radical (unpaired) electrons. The molecule has 0 spiro atoms. The minimum Gasteiger partial charge on any atom is -0.497 e. The van der Waals surface area contributed by atoms with Crippen LogP contribution in [0.4, 0.5) is 0 Å². The van der Waals surface area contributed by atoms with Gasteiger partial charge in [0.25, 0.3) is 0 Å². The fourth-order valence-corrected chi connectivity index (χ4v) is 1.96. The fraction of sp³-hybridized carbons (Fsp3) is 0.533. The minimum absolute atomic E-state index is 0.00731. The zero-order chi connectivity index (χ0) is 15.8. The van der Waals surface area contributed by atoms with E-state index in [0.717, 1.165) is 12.1 Å². The van der Waals surface area contributed by atoms with E-state index in [1.807, 2.05) is 36.0 Å². The van der Waals surface area contributed by atoms with Crippen LogP contribution in [-0.4, -0.2) is 68.8 Å². The lowest BCUT2D eigenvalue weighted by Crippen LogP contribution is -2.35. The van der Waals surface area contributed by atoms with Crippen LogP contribution in [0.3, 0.4) is 0 Å². The van der Waals surface area contributed by atoms with E-state index in [9.17, 15) is 4.79 Å². The number of carboxylic acids is 1. The van der Waals surface area contributed by atoms with Gasteiger partial charge in [0, 0.05) is 25.7 Å². The first-order valence-electron chi connectivity index (χ1n) is 6.75. The van der Waals surface area contributed by atoms with Crippen molar-refractivity contribution in [3.63, 3.8) is 0 Å². The Morgan fingerprint density at radius 2 is 1.67 bits per heavy atom. The van der Waals surface area contributed by atoms with Gasteiger partial charge in [0.15, 0.2) is 0 Å². The summed E-state index contributed by atoms with van der Waals surface area (Å²) in [6, 6.07) is 5.59. The molecule has 1 aromatic rings.